The van der Waals surface area contributed by atoms with E-state index >= 15 is 0 Å². The van der Waals surface area contributed by atoms with Gasteiger partial charge in [0.1, 0.15) is 55.4 Å². The van der Waals surface area contributed by atoms with Crippen molar-refractivity contribution in [1.29, 1.82) is 0 Å². The van der Waals surface area contributed by atoms with E-state index in [0.29, 0.717) is 12.8 Å². The summed E-state index contributed by atoms with van der Waals surface area (Å²) in [6.45, 7) is 2.45. The lowest BCUT2D eigenvalue weighted by Gasteiger charge is -2.42. The van der Waals surface area contributed by atoms with Gasteiger partial charge in [0.05, 0.1) is 19.8 Å². The zero-order valence-electron chi connectivity index (χ0n) is 41.6. The number of hydrogen-bond acceptors (Lipinski definition) is 15. The molecule has 68 heavy (non-hydrogen) atoms. The van der Waals surface area contributed by atoms with Crippen molar-refractivity contribution in [1.82, 2.24) is 0 Å². The van der Waals surface area contributed by atoms with Crippen LogP contribution in [0.5, 0.6) is 0 Å². The Morgan fingerprint density at radius 1 is 0.485 bits per heavy atom. The second-order valence-corrected chi connectivity index (χ2v) is 18.3. The third kappa shape index (κ3) is 27.7. The van der Waals surface area contributed by atoms with E-state index in [4.69, 9.17) is 28.4 Å². The number of carbonyl (C=O) groups excluding carboxylic acids is 2. The molecule has 15 heteroatoms. The summed E-state index contributed by atoms with van der Waals surface area (Å²) in [5.74, 6) is -0.932. The molecule has 0 radical (unpaired) electrons. The van der Waals surface area contributed by atoms with Gasteiger partial charge in [0.2, 0.25) is 0 Å². The fourth-order valence-electron chi connectivity index (χ4n) is 8.03. The first kappa shape index (κ1) is 61.6. The first-order valence-corrected chi connectivity index (χ1v) is 26.2. The molecular formula is C53H92O15. The molecule has 0 aromatic heterocycles. The Bertz CT molecular complexity index is 1370. The lowest BCUT2D eigenvalue weighted by atomic mass is 9.98. The highest BCUT2D eigenvalue weighted by Gasteiger charge is 2.47. The number of unbranched alkanes of at least 4 members (excludes halogenated alkanes) is 18. The standard InChI is InChI=1S/C53H92O15/c1-3-5-7-9-11-13-14-15-16-17-18-19-20-21-22-23-24-25-26-28-30-32-34-36-45(56)66-41(38-63-44(55)35-33-31-29-27-12-10-8-6-4-2)39-64-52-51(62)49(60)47(58)43(68-52)40-65-53-50(61)48(59)46(57)42(37-54)67-53/h5,7,11,13,15-16,18-19,41-43,46-54,57-62H,3-4,6,8-10,12,14,17,20-40H2,1-2H3/b7-5-,13-11-,16-15-,19-18-. The maximum absolute atomic E-state index is 13.0. The van der Waals surface area contributed by atoms with E-state index in [-0.39, 0.29) is 26.1 Å². The summed E-state index contributed by atoms with van der Waals surface area (Å²) < 4.78 is 33.5. The number of allylic oxidation sites excluding steroid dienone is 8. The predicted molar refractivity (Wildman–Crippen MR) is 261 cm³/mol. The molecule has 11 unspecified atom stereocenters. The summed E-state index contributed by atoms with van der Waals surface area (Å²) in [6.07, 6.45) is 27.2. The number of ether oxygens (including phenoxy) is 6. The van der Waals surface area contributed by atoms with E-state index in [0.717, 1.165) is 77.0 Å². The van der Waals surface area contributed by atoms with Gasteiger partial charge in [0, 0.05) is 12.8 Å². The number of rotatable bonds is 40. The van der Waals surface area contributed by atoms with Crippen molar-refractivity contribution in [3.05, 3.63) is 48.6 Å². The van der Waals surface area contributed by atoms with Crippen molar-refractivity contribution in [3.63, 3.8) is 0 Å². The lowest BCUT2D eigenvalue weighted by molar-refractivity contribution is -0.332. The molecule has 0 saturated carbocycles. The molecule has 0 aromatic carbocycles. The third-order valence-electron chi connectivity index (χ3n) is 12.3. The zero-order chi connectivity index (χ0) is 49.6. The molecule has 0 aromatic rings. The van der Waals surface area contributed by atoms with Gasteiger partial charge in [-0.05, 0) is 51.4 Å². The SMILES string of the molecule is CC/C=C\C/C=C\C/C=C\C/C=C\CCCCCCCCCCCCC(=O)OC(COC(=O)CCCCCCCCCCC)COC1OC(COC2OC(CO)C(O)C(O)C2O)C(O)C(O)C1O. The normalized spacial score (nSPS) is 26.1. The highest BCUT2D eigenvalue weighted by atomic mass is 16.7. The van der Waals surface area contributed by atoms with Crippen LogP contribution < -0.4 is 0 Å². The van der Waals surface area contributed by atoms with E-state index in [1.165, 1.54) is 64.2 Å². The Labute approximate surface area is 408 Å². The highest BCUT2D eigenvalue weighted by molar-refractivity contribution is 5.70. The lowest BCUT2D eigenvalue weighted by Crippen LogP contribution is -2.61. The van der Waals surface area contributed by atoms with Crippen LogP contribution in [0.15, 0.2) is 48.6 Å². The fraction of sp³-hybridized carbons (Fsp3) is 0.811. The molecule has 0 bridgehead atoms. The highest BCUT2D eigenvalue weighted by Crippen LogP contribution is 2.26. The molecule has 2 fully saturated rings. The van der Waals surface area contributed by atoms with Crippen LogP contribution in [-0.2, 0) is 38.0 Å². The van der Waals surface area contributed by atoms with Gasteiger partial charge in [-0.25, -0.2) is 0 Å². The van der Waals surface area contributed by atoms with Crippen molar-refractivity contribution in [3.8, 4) is 0 Å². The maximum Gasteiger partial charge on any atom is 0.306 e. The molecular weight excluding hydrogens is 877 g/mol. The van der Waals surface area contributed by atoms with Crippen LogP contribution in [0.3, 0.4) is 0 Å². The molecule has 2 rings (SSSR count). The summed E-state index contributed by atoms with van der Waals surface area (Å²) in [5, 5.41) is 72.0. The smallest absolute Gasteiger partial charge is 0.306 e. The molecule has 0 spiro atoms. The Hall–Kier alpha value is -2.54. The monoisotopic (exact) mass is 969 g/mol. The van der Waals surface area contributed by atoms with Crippen LogP contribution in [0.2, 0.25) is 0 Å². The van der Waals surface area contributed by atoms with Crippen LogP contribution in [0, 0.1) is 0 Å². The molecule has 2 saturated heterocycles. The molecule has 2 aliphatic heterocycles. The van der Waals surface area contributed by atoms with Gasteiger partial charge in [-0.2, -0.15) is 0 Å². The van der Waals surface area contributed by atoms with Crippen LogP contribution in [0.25, 0.3) is 0 Å². The van der Waals surface area contributed by atoms with Gasteiger partial charge in [-0.1, -0.05) is 165 Å². The van der Waals surface area contributed by atoms with E-state index in [1.807, 2.05) is 0 Å². The van der Waals surface area contributed by atoms with E-state index in [1.54, 1.807) is 0 Å². The predicted octanol–water partition coefficient (Wildman–Crippen LogP) is 7.49. The molecule has 394 valence electrons. The van der Waals surface area contributed by atoms with E-state index in [2.05, 4.69) is 62.5 Å². The van der Waals surface area contributed by atoms with E-state index < -0.39 is 92.7 Å². The van der Waals surface area contributed by atoms with Crippen molar-refractivity contribution < 1.29 is 73.8 Å². The van der Waals surface area contributed by atoms with Gasteiger partial charge in [0.25, 0.3) is 0 Å². The topological polar surface area (TPSA) is 231 Å². The minimum absolute atomic E-state index is 0.160. The Kier molecular flexibility index (Phi) is 36.3. The summed E-state index contributed by atoms with van der Waals surface area (Å²) in [4.78, 5) is 25.7. The van der Waals surface area contributed by atoms with Gasteiger partial charge in [-0.3, -0.25) is 9.59 Å². The fourth-order valence-corrected chi connectivity index (χ4v) is 8.03. The summed E-state index contributed by atoms with van der Waals surface area (Å²) in [6, 6.07) is 0. The van der Waals surface area contributed by atoms with Gasteiger partial charge in [-0.15, -0.1) is 0 Å². The molecule has 15 nitrogen and oxygen atoms in total. The first-order valence-electron chi connectivity index (χ1n) is 26.2. The Morgan fingerprint density at radius 3 is 1.46 bits per heavy atom. The molecule has 11 atom stereocenters. The summed E-state index contributed by atoms with van der Waals surface area (Å²) >= 11 is 0. The third-order valence-corrected chi connectivity index (χ3v) is 12.3. The summed E-state index contributed by atoms with van der Waals surface area (Å²) in [5.41, 5.74) is 0. The quantitative estimate of drug-likeness (QED) is 0.0179. The molecule has 7 N–H and O–H groups in total. The number of esters is 2. The second-order valence-electron chi connectivity index (χ2n) is 18.3. The Morgan fingerprint density at radius 2 is 0.926 bits per heavy atom. The van der Waals surface area contributed by atoms with Gasteiger partial charge >= 0.3 is 11.9 Å². The van der Waals surface area contributed by atoms with Crippen LogP contribution in [-0.4, -0.2) is 142 Å². The number of carbonyl (C=O) groups is 2. The van der Waals surface area contributed by atoms with Crippen molar-refractivity contribution in [2.24, 2.45) is 0 Å². The van der Waals surface area contributed by atoms with Crippen molar-refractivity contribution in [2.75, 3.05) is 26.4 Å². The number of aliphatic hydroxyl groups excluding tert-OH is 7. The van der Waals surface area contributed by atoms with Crippen molar-refractivity contribution in [2.45, 2.75) is 248 Å². The average Bonchev–Trinajstić information content (AvgIpc) is 3.33. The number of aliphatic hydroxyl groups is 7. The van der Waals surface area contributed by atoms with Gasteiger partial charge < -0.3 is 64.2 Å². The summed E-state index contributed by atoms with van der Waals surface area (Å²) in [7, 11) is 0. The minimum atomic E-state index is -1.76. The number of hydrogen-bond donors (Lipinski definition) is 7. The second kappa shape index (κ2) is 40.1. The van der Waals surface area contributed by atoms with Crippen LogP contribution >= 0.6 is 0 Å². The largest absolute Gasteiger partial charge is 0.462 e. The average molecular weight is 969 g/mol. The maximum atomic E-state index is 13.0. The van der Waals surface area contributed by atoms with E-state index in [9.17, 15) is 45.3 Å². The van der Waals surface area contributed by atoms with Gasteiger partial charge in [0.15, 0.2) is 18.7 Å². The molecule has 2 aliphatic rings. The Balaban J connectivity index is 1.74. The van der Waals surface area contributed by atoms with Crippen molar-refractivity contribution >= 4 is 11.9 Å². The van der Waals surface area contributed by atoms with Crippen LogP contribution in [0.4, 0.5) is 0 Å². The minimum Gasteiger partial charge on any atom is -0.462 e. The molecule has 0 aliphatic carbocycles. The van der Waals surface area contributed by atoms with Crippen LogP contribution in [0.1, 0.15) is 181 Å². The molecule has 0 amide bonds. The molecule has 2 heterocycles. The first-order chi connectivity index (χ1) is 33.0. The zero-order valence-corrected chi connectivity index (χ0v) is 41.6.